The van der Waals surface area contributed by atoms with Crippen molar-refractivity contribution in [3.63, 3.8) is 0 Å². The van der Waals surface area contributed by atoms with Crippen molar-refractivity contribution < 1.29 is 19.2 Å². The fourth-order valence-electron chi connectivity index (χ4n) is 0.680. The van der Waals surface area contributed by atoms with Crippen LogP contribution in [0.25, 0.3) is 0 Å². The summed E-state index contributed by atoms with van der Waals surface area (Å²) in [5, 5.41) is 0. The van der Waals surface area contributed by atoms with E-state index < -0.39 is 0 Å². The third kappa shape index (κ3) is 15.0. The molecule has 76 valence electrons. The van der Waals surface area contributed by atoms with Crippen LogP contribution in [0.5, 0.6) is 0 Å². The number of rotatable bonds is 0. The topological polar surface area (TPSA) is 0 Å². The van der Waals surface area contributed by atoms with Gasteiger partial charge in [0.1, 0.15) is 0 Å². The Balaban J connectivity index is -0.000000131. The normalized spacial score (nSPS) is 13.0. The molecule has 0 bridgehead atoms. The summed E-state index contributed by atoms with van der Waals surface area (Å²) in [5.41, 5.74) is 0. The van der Waals surface area contributed by atoms with Crippen LogP contribution in [-0.2, 0) is 19.2 Å². The summed E-state index contributed by atoms with van der Waals surface area (Å²) in [6.45, 7) is 0. The first-order chi connectivity index (χ1) is 6.00. The number of allylic oxidation sites excluding steroid dienone is 8. The molecule has 0 N–H and O–H groups in total. The van der Waals surface area contributed by atoms with Crippen LogP contribution in [0.4, 0.5) is 0 Å². The van der Waals surface area contributed by atoms with Crippen LogP contribution in [0.3, 0.4) is 0 Å². The molecule has 0 heterocycles. The standard InChI is InChI=1S/2C5H5.2ClH.H2Si.Ti/c2*1-2-4-5-3-1;;;;/h2*1-3H,4H2;2*1H;1H2;/q2*-1;;;;+2. The molecule has 0 aliphatic heterocycles. The first-order valence-electron chi connectivity index (χ1n) is 3.79. The van der Waals surface area contributed by atoms with E-state index in [2.05, 4.69) is 24.3 Å². The number of hydrogen-bond donors (Lipinski definition) is 0. The Kier molecular flexibility index (Phi) is 27.2. The van der Waals surface area contributed by atoms with E-state index in [9.17, 15) is 0 Å². The summed E-state index contributed by atoms with van der Waals surface area (Å²) >= 11 is 2.03. The Labute approximate surface area is 112 Å². The van der Waals surface area contributed by atoms with Gasteiger partial charge in [0.25, 0.3) is 0 Å². The van der Waals surface area contributed by atoms with Crippen molar-refractivity contribution in [2.45, 2.75) is 12.8 Å². The van der Waals surface area contributed by atoms with Gasteiger partial charge in [-0.25, -0.2) is 24.3 Å². The van der Waals surface area contributed by atoms with Crippen molar-refractivity contribution >= 4 is 32.4 Å². The van der Waals surface area contributed by atoms with Crippen molar-refractivity contribution in [1.29, 1.82) is 0 Å². The van der Waals surface area contributed by atoms with Crippen molar-refractivity contribution in [2.24, 2.45) is 0 Å². The van der Waals surface area contributed by atoms with Gasteiger partial charge in [-0.1, -0.05) is 0 Å². The van der Waals surface area contributed by atoms with E-state index in [4.69, 9.17) is 0 Å². The summed E-state index contributed by atoms with van der Waals surface area (Å²) in [6.07, 6.45) is 20.0. The van der Waals surface area contributed by atoms with E-state index in [0.717, 1.165) is 12.8 Å². The molecule has 4 heteroatoms. The van der Waals surface area contributed by atoms with Gasteiger partial charge in [-0.15, -0.1) is 37.7 Å². The molecule has 0 saturated carbocycles. The molecule has 0 atom stereocenters. The summed E-state index contributed by atoms with van der Waals surface area (Å²) < 4.78 is 0. The van der Waals surface area contributed by atoms with Crippen LogP contribution in [0, 0.1) is 12.2 Å². The summed E-state index contributed by atoms with van der Waals surface area (Å²) in [5.74, 6) is 0. The molecule has 0 unspecified atom stereocenters. The van der Waals surface area contributed by atoms with Crippen LogP contribution >= 0.6 is 24.8 Å². The van der Waals surface area contributed by atoms with Crippen LogP contribution in [0.2, 0.25) is 0 Å². The molecular weight excluding hydrogens is 267 g/mol. The van der Waals surface area contributed by atoms with Gasteiger partial charge in [-0.3, -0.25) is 12.2 Å². The first-order valence-corrected chi connectivity index (χ1v) is 7.81. The Bertz CT molecular complexity index is 168. The van der Waals surface area contributed by atoms with Gasteiger partial charge in [0, 0.05) is 0 Å². The molecule has 2 aliphatic rings. The van der Waals surface area contributed by atoms with E-state index in [1.165, 1.54) is 0 Å². The minimum absolute atomic E-state index is 0. The average Bonchev–Trinajstić information content (AvgIpc) is 2.87. The Morgan fingerprint density at radius 1 is 0.857 bits per heavy atom. The van der Waals surface area contributed by atoms with Crippen molar-refractivity contribution in [3.05, 3.63) is 48.6 Å². The molecule has 2 aliphatic carbocycles. The van der Waals surface area contributed by atoms with Gasteiger partial charge in [0.2, 0.25) is 0 Å². The average molecular weight is 281 g/mol. The molecule has 14 heavy (non-hydrogen) atoms. The van der Waals surface area contributed by atoms with Crippen molar-refractivity contribution in [2.75, 3.05) is 0 Å². The van der Waals surface area contributed by atoms with Gasteiger partial charge in [0.15, 0.2) is 0 Å². The molecule has 0 amide bonds. The summed E-state index contributed by atoms with van der Waals surface area (Å²) in [6, 6.07) is 0. The van der Waals surface area contributed by atoms with Gasteiger partial charge in [-0.2, -0.15) is 12.2 Å². The molecule has 0 aromatic heterocycles. The molecular formula is C10H14Cl2SiTi. The molecule has 0 radical (unpaired) electrons. The maximum atomic E-state index is 2.99. The van der Waals surface area contributed by atoms with Crippen LogP contribution < -0.4 is 0 Å². The predicted octanol–water partition coefficient (Wildman–Crippen LogP) is 2.54. The third-order valence-corrected chi connectivity index (χ3v) is 1.17. The number of hydrogen-bond acceptors (Lipinski definition) is 0. The maximum absolute atomic E-state index is 2.99. The number of halogens is 2. The monoisotopic (exact) mass is 280 g/mol. The molecule has 0 nitrogen and oxygen atoms in total. The van der Waals surface area contributed by atoms with E-state index in [0.29, 0.717) is 0 Å². The second kappa shape index (κ2) is 19.1. The predicted molar refractivity (Wildman–Crippen MR) is 66.2 cm³/mol. The molecule has 2 rings (SSSR count). The Morgan fingerprint density at radius 2 is 1.21 bits per heavy atom. The Morgan fingerprint density at radius 3 is 1.29 bits per heavy atom. The van der Waals surface area contributed by atoms with E-state index in [1.54, 1.807) is 0 Å². The second-order valence-electron chi connectivity index (χ2n) is 2.01. The molecule has 0 fully saturated rings. The first kappa shape index (κ1) is 20.0. The second-order valence-corrected chi connectivity index (χ2v) is 2.01. The SMILES string of the molecule is Cl.Cl.[C-]1=CC=CC1.[C-]1=CC=CC1.[SiH2]=[Ti+2]. The van der Waals surface area contributed by atoms with Crippen LogP contribution in [-0.4, -0.2) is 7.63 Å². The zero-order chi connectivity index (χ0) is 9.07. The van der Waals surface area contributed by atoms with Crippen molar-refractivity contribution in [1.82, 2.24) is 0 Å². The Hall–Kier alpha value is 0.471. The van der Waals surface area contributed by atoms with E-state index in [-0.39, 0.29) is 24.8 Å². The quantitative estimate of drug-likeness (QED) is 0.473. The van der Waals surface area contributed by atoms with E-state index in [1.807, 2.05) is 51.1 Å². The van der Waals surface area contributed by atoms with Gasteiger partial charge < -0.3 is 0 Å². The zero-order valence-corrected chi connectivity index (χ0v) is 12.5. The van der Waals surface area contributed by atoms with Gasteiger partial charge >= 0.3 is 26.8 Å². The minimum atomic E-state index is 0. The summed E-state index contributed by atoms with van der Waals surface area (Å²) in [7, 11) is 1.86. The van der Waals surface area contributed by atoms with Crippen molar-refractivity contribution in [3.8, 4) is 0 Å². The van der Waals surface area contributed by atoms with Gasteiger partial charge in [-0.05, 0) is 0 Å². The van der Waals surface area contributed by atoms with E-state index >= 15 is 0 Å². The van der Waals surface area contributed by atoms with Gasteiger partial charge in [0.05, 0.1) is 0 Å². The fourth-order valence-corrected chi connectivity index (χ4v) is 0.680. The summed E-state index contributed by atoms with van der Waals surface area (Å²) in [4.78, 5) is 0. The molecule has 0 aromatic rings. The molecule has 0 saturated heterocycles. The molecule has 0 aromatic carbocycles. The molecule has 0 spiro atoms. The van der Waals surface area contributed by atoms with Crippen LogP contribution in [0.15, 0.2) is 36.5 Å². The fraction of sp³-hybridized carbons (Fsp3) is 0.200. The zero-order valence-electron chi connectivity index (χ0n) is 7.90. The third-order valence-electron chi connectivity index (χ3n) is 1.17. The van der Waals surface area contributed by atoms with Crippen LogP contribution in [0.1, 0.15) is 12.8 Å².